The Kier molecular flexibility index (Phi) is 11.5. The molecule has 3 aromatic rings. The molecule has 4 rings (SSSR count). The topological polar surface area (TPSA) is 110 Å². The van der Waals surface area contributed by atoms with Gasteiger partial charge in [0.1, 0.15) is 11.4 Å². The molecule has 3 heterocycles. The number of anilines is 1. The summed E-state index contributed by atoms with van der Waals surface area (Å²) in [5.74, 6) is -0.484. The molecule has 1 saturated heterocycles. The molecular formula is C29H38N3O8P. The summed E-state index contributed by atoms with van der Waals surface area (Å²) >= 11 is 0. The fourth-order valence-corrected chi connectivity index (χ4v) is 5.54. The predicted molar refractivity (Wildman–Crippen MR) is 155 cm³/mol. The molecule has 1 unspecified atom stereocenters. The van der Waals surface area contributed by atoms with Crippen LogP contribution in [0.4, 0.5) is 5.82 Å². The van der Waals surface area contributed by atoms with Crippen LogP contribution in [0.3, 0.4) is 0 Å². The number of fused-ring (bicyclic) bond motifs is 1. The van der Waals surface area contributed by atoms with Crippen molar-refractivity contribution in [3.05, 3.63) is 53.2 Å². The van der Waals surface area contributed by atoms with Crippen LogP contribution in [0.25, 0.3) is 16.6 Å². The van der Waals surface area contributed by atoms with Crippen molar-refractivity contribution in [2.45, 2.75) is 33.6 Å². The first-order valence-electron chi connectivity index (χ1n) is 13.9. The van der Waals surface area contributed by atoms with Gasteiger partial charge in [0.15, 0.2) is 0 Å². The highest BCUT2D eigenvalue weighted by molar-refractivity contribution is 7.41. The number of hydrogen-bond acceptors (Lipinski definition) is 10. The number of esters is 2. The minimum absolute atomic E-state index is 0.148. The summed E-state index contributed by atoms with van der Waals surface area (Å²) in [6, 6.07) is 11.7. The third kappa shape index (κ3) is 7.23. The number of ether oxygens (including phenoxy) is 3. The van der Waals surface area contributed by atoms with Crippen LogP contribution in [-0.2, 0) is 34.2 Å². The maximum absolute atomic E-state index is 13.5. The minimum Gasteiger partial charge on any atom is -0.462 e. The zero-order chi connectivity index (χ0) is 29.2. The standard InChI is InChI=1S/C29H38N3O8P/c1-5-37-28(33)25-23(14-11-17-40-41(35-4)39-7-3)32-27(26(25)29(34)38-6-2)22(21-12-9-8-10-13-21)20-24(30-32)31-15-18-36-19-16-31/h8-10,12-13,20H,5-7,11,14-19H2,1-4H3. The van der Waals surface area contributed by atoms with Gasteiger partial charge in [-0.05, 0) is 45.2 Å². The van der Waals surface area contributed by atoms with Gasteiger partial charge in [-0.3, -0.25) is 0 Å². The van der Waals surface area contributed by atoms with Crippen molar-refractivity contribution < 1.29 is 37.4 Å². The number of rotatable bonds is 14. The molecule has 2 aromatic heterocycles. The number of aryl methyl sites for hydroxylation is 1. The summed E-state index contributed by atoms with van der Waals surface area (Å²) in [5, 5.41) is 5.00. The van der Waals surface area contributed by atoms with E-state index in [4.69, 9.17) is 32.9 Å². The van der Waals surface area contributed by atoms with Gasteiger partial charge in [-0.15, -0.1) is 5.10 Å². The molecule has 0 amide bonds. The average Bonchev–Trinajstić information content (AvgIpc) is 3.33. The summed E-state index contributed by atoms with van der Waals surface area (Å²) in [6.07, 6.45) is 0.891. The van der Waals surface area contributed by atoms with Crippen LogP contribution in [0.5, 0.6) is 0 Å². The van der Waals surface area contributed by atoms with Crippen LogP contribution in [0.1, 0.15) is 53.6 Å². The second-order valence-electron chi connectivity index (χ2n) is 9.04. The molecule has 11 nitrogen and oxygen atoms in total. The fourth-order valence-electron chi connectivity index (χ4n) is 4.76. The van der Waals surface area contributed by atoms with Gasteiger partial charge < -0.3 is 32.7 Å². The van der Waals surface area contributed by atoms with Crippen molar-refractivity contribution in [1.82, 2.24) is 9.61 Å². The Labute approximate surface area is 241 Å². The number of aromatic nitrogens is 2. The molecule has 0 spiro atoms. The molecule has 1 aliphatic heterocycles. The maximum atomic E-state index is 13.5. The first-order valence-corrected chi connectivity index (χ1v) is 15.0. The van der Waals surface area contributed by atoms with Gasteiger partial charge >= 0.3 is 20.5 Å². The SMILES string of the molecule is CCOC(=O)c1c(C(=O)OCC)c2c(-c3ccccc3)cc(N3CCOCC3)nn2c1CCCOP(OC)OCC. The Bertz CT molecular complexity index is 1310. The van der Waals surface area contributed by atoms with Crippen molar-refractivity contribution in [3.8, 4) is 11.1 Å². The lowest BCUT2D eigenvalue weighted by Gasteiger charge is -2.28. The zero-order valence-electron chi connectivity index (χ0n) is 24.1. The Balaban J connectivity index is 1.92. The van der Waals surface area contributed by atoms with Crippen LogP contribution >= 0.6 is 8.60 Å². The Morgan fingerprint density at radius 1 is 0.951 bits per heavy atom. The van der Waals surface area contributed by atoms with E-state index in [-0.39, 0.29) is 24.3 Å². The van der Waals surface area contributed by atoms with Crippen molar-refractivity contribution in [3.63, 3.8) is 0 Å². The molecule has 222 valence electrons. The molecule has 0 aliphatic carbocycles. The number of carbonyl (C=O) groups is 2. The van der Waals surface area contributed by atoms with E-state index < -0.39 is 20.5 Å². The number of carbonyl (C=O) groups excluding carboxylic acids is 2. The molecule has 0 bridgehead atoms. The normalized spacial score (nSPS) is 14.3. The van der Waals surface area contributed by atoms with Crippen LogP contribution in [-0.4, -0.2) is 81.4 Å². The summed E-state index contributed by atoms with van der Waals surface area (Å²) in [4.78, 5) is 29.2. The van der Waals surface area contributed by atoms with Gasteiger partial charge in [-0.2, -0.15) is 0 Å². The molecule has 0 radical (unpaired) electrons. The Morgan fingerprint density at radius 3 is 2.27 bits per heavy atom. The number of benzene rings is 1. The van der Waals surface area contributed by atoms with Gasteiger partial charge in [0.05, 0.1) is 56.4 Å². The minimum atomic E-state index is -1.47. The monoisotopic (exact) mass is 587 g/mol. The largest absolute Gasteiger partial charge is 0.462 e. The Morgan fingerprint density at radius 2 is 1.63 bits per heavy atom. The quantitative estimate of drug-likeness (QED) is 0.144. The van der Waals surface area contributed by atoms with Gasteiger partial charge in [0, 0.05) is 25.8 Å². The third-order valence-electron chi connectivity index (χ3n) is 6.49. The first kappa shape index (κ1) is 30.9. The van der Waals surface area contributed by atoms with E-state index >= 15 is 0 Å². The molecule has 1 aromatic carbocycles. The van der Waals surface area contributed by atoms with E-state index in [0.29, 0.717) is 63.6 Å². The maximum Gasteiger partial charge on any atom is 0.341 e. The summed E-state index contributed by atoms with van der Waals surface area (Å²) < 4.78 is 34.8. The van der Waals surface area contributed by atoms with Crippen molar-refractivity contribution in [2.75, 3.05) is 64.7 Å². The van der Waals surface area contributed by atoms with Gasteiger partial charge in [-0.25, -0.2) is 14.1 Å². The summed E-state index contributed by atoms with van der Waals surface area (Å²) in [6.45, 7) is 8.94. The Hall–Kier alpha value is -3.08. The lowest BCUT2D eigenvalue weighted by atomic mass is 10.0. The first-order chi connectivity index (χ1) is 20.0. The second-order valence-corrected chi connectivity index (χ2v) is 10.4. The molecule has 0 N–H and O–H groups in total. The number of nitrogens with zero attached hydrogens (tertiary/aromatic N) is 3. The average molecular weight is 588 g/mol. The van der Waals surface area contributed by atoms with E-state index in [2.05, 4.69) is 4.90 Å². The lowest BCUT2D eigenvalue weighted by Crippen LogP contribution is -2.37. The zero-order valence-corrected chi connectivity index (χ0v) is 25.0. The summed E-state index contributed by atoms with van der Waals surface area (Å²) in [5.41, 5.74) is 3.00. The van der Waals surface area contributed by atoms with E-state index in [1.165, 1.54) is 7.11 Å². The predicted octanol–water partition coefficient (Wildman–Crippen LogP) is 5.05. The highest BCUT2D eigenvalue weighted by atomic mass is 31.2. The van der Waals surface area contributed by atoms with Crippen LogP contribution < -0.4 is 4.90 Å². The van der Waals surface area contributed by atoms with E-state index in [0.717, 1.165) is 16.9 Å². The second kappa shape index (κ2) is 15.2. The highest BCUT2D eigenvalue weighted by Gasteiger charge is 2.33. The van der Waals surface area contributed by atoms with Gasteiger partial charge in [-0.1, -0.05) is 30.3 Å². The van der Waals surface area contributed by atoms with Crippen molar-refractivity contribution >= 4 is 31.9 Å². The van der Waals surface area contributed by atoms with Gasteiger partial charge in [0.25, 0.3) is 0 Å². The highest BCUT2D eigenvalue weighted by Crippen LogP contribution is 2.39. The number of hydrogen-bond donors (Lipinski definition) is 0. The molecule has 1 atom stereocenters. The van der Waals surface area contributed by atoms with Crippen LogP contribution in [0.2, 0.25) is 0 Å². The number of morpholine rings is 1. The van der Waals surface area contributed by atoms with E-state index in [9.17, 15) is 9.59 Å². The molecular weight excluding hydrogens is 549 g/mol. The molecule has 41 heavy (non-hydrogen) atoms. The smallest absolute Gasteiger partial charge is 0.341 e. The third-order valence-corrected chi connectivity index (χ3v) is 7.65. The van der Waals surface area contributed by atoms with Gasteiger partial charge in [0.2, 0.25) is 0 Å². The van der Waals surface area contributed by atoms with Crippen molar-refractivity contribution in [1.29, 1.82) is 0 Å². The molecule has 12 heteroatoms. The molecule has 1 fully saturated rings. The van der Waals surface area contributed by atoms with Crippen LogP contribution in [0.15, 0.2) is 36.4 Å². The molecule has 1 aliphatic rings. The lowest BCUT2D eigenvalue weighted by molar-refractivity contribution is 0.0480. The molecule has 0 saturated carbocycles. The van der Waals surface area contributed by atoms with Crippen LogP contribution in [0, 0.1) is 0 Å². The van der Waals surface area contributed by atoms with E-state index in [1.54, 1.807) is 18.4 Å². The summed E-state index contributed by atoms with van der Waals surface area (Å²) in [7, 11) is 0.0707. The van der Waals surface area contributed by atoms with Crippen molar-refractivity contribution in [2.24, 2.45) is 0 Å². The fraction of sp³-hybridized carbons (Fsp3) is 0.483. The van der Waals surface area contributed by atoms with E-state index in [1.807, 2.05) is 43.3 Å².